The van der Waals surface area contributed by atoms with Crippen molar-refractivity contribution in [2.75, 3.05) is 19.6 Å². The zero-order chi connectivity index (χ0) is 7.97. The van der Waals surface area contributed by atoms with Crippen LogP contribution in [0.2, 0.25) is 0 Å². The van der Waals surface area contributed by atoms with Crippen molar-refractivity contribution in [3.05, 3.63) is 35.6 Å². The molecule has 1 fully saturated rings. The van der Waals surface area contributed by atoms with Crippen LogP contribution in [0.1, 0.15) is 0 Å². The Balaban J connectivity index is 1.98. The van der Waals surface area contributed by atoms with Crippen molar-refractivity contribution in [1.29, 1.82) is 0 Å². The third-order valence-electron chi connectivity index (χ3n) is 2.80. The van der Waals surface area contributed by atoms with Crippen molar-refractivity contribution in [2.24, 2.45) is 0 Å². The van der Waals surface area contributed by atoms with Gasteiger partial charge >= 0.3 is 0 Å². The third kappa shape index (κ3) is 0.730. The zero-order valence-corrected chi connectivity index (χ0v) is 6.96. The molecule has 0 saturated carbocycles. The molecule has 1 N–H and O–H groups in total. The van der Waals surface area contributed by atoms with Crippen LogP contribution in [-0.4, -0.2) is 30.6 Å². The molecule has 0 aromatic heterocycles. The molecule has 0 spiro atoms. The lowest BCUT2D eigenvalue weighted by atomic mass is 10.2. The highest BCUT2D eigenvalue weighted by atomic mass is 15.2. The normalized spacial score (nSPS) is 31.3. The summed E-state index contributed by atoms with van der Waals surface area (Å²) >= 11 is 0. The van der Waals surface area contributed by atoms with Crippen LogP contribution in [0.3, 0.4) is 0 Å². The van der Waals surface area contributed by atoms with Crippen LogP contribution in [0.25, 0.3) is 0 Å². The molecule has 0 aromatic rings. The van der Waals surface area contributed by atoms with Crippen molar-refractivity contribution in [3.63, 3.8) is 0 Å². The van der Waals surface area contributed by atoms with Crippen LogP contribution in [-0.2, 0) is 0 Å². The summed E-state index contributed by atoms with van der Waals surface area (Å²) in [7, 11) is 0. The second kappa shape index (κ2) is 2.23. The van der Waals surface area contributed by atoms with E-state index in [0.717, 1.165) is 19.6 Å². The highest BCUT2D eigenvalue weighted by Gasteiger charge is 2.30. The van der Waals surface area contributed by atoms with E-state index in [-0.39, 0.29) is 0 Å². The Kier molecular flexibility index (Phi) is 1.21. The Bertz CT molecular complexity index is 299. The number of hydrogen-bond acceptors (Lipinski definition) is 2. The van der Waals surface area contributed by atoms with E-state index in [9.17, 15) is 0 Å². The first-order valence-corrected chi connectivity index (χ1v) is 4.51. The van der Waals surface area contributed by atoms with E-state index < -0.39 is 0 Å². The van der Waals surface area contributed by atoms with Crippen LogP contribution < -0.4 is 5.32 Å². The van der Waals surface area contributed by atoms with E-state index in [0.29, 0.717) is 6.04 Å². The Morgan fingerprint density at radius 3 is 3.50 bits per heavy atom. The van der Waals surface area contributed by atoms with Gasteiger partial charge in [0, 0.05) is 25.3 Å². The lowest BCUT2D eigenvalue weighted by Crippen LogP contribution is -2.43. The highest BCUT2D eigenvalue weighted by molar-refractivity contribution is 5.46. The topological polar surface area (TPSA) is 15.3 Å². The molecule has 2 nitrogen and oxygen atoms in total. The fourth-order valence-corrected chi connectivity index (χ4v) is 2.20. The number of allylic oxidation sites excluding steroid dienone is 2. The maximum Gasteiger partial charge on any atom is 0.0728 e. The average molecular weight is 160 g/mol. The number of nitrogens with one attached hydrogen (secondary N) is 1. The minimum Gasteiger partial charge on any atom is -0.362 e. The Morgan fingerprint density at radius 1 is 1.50 bits per heavy atom. The standard InChI is InChI=1S/C10H12N2/c1-2-8-6-9-7-11-4-5-12(9)10(8)3-1/h1-3,6,10-11H,4-5,7H2. The summed E-state index contributed by atoms with van der Waals surface area (Å²) in [6, 6.07) is 0.571. The molecule has 3 rings (SSSR count). The maximum atomic E-state index is 3.38. The molecule has 2 heteroatoms. The summed E-state index contributed by atoms with van der Waals surface area (Å²) in [5, 5.41) is 3.38. The smallest absolute Gasteiger partial charge is 0.0728 e. The Morgan fingerprint density at radius 2 is 2.50 bits per heavy atom. The number of rotatable bonds is 0. The summed E-state index contributed by atoms with van der Waals surface area (Å²) in [6.45, 7) is 3.31. The van der Waals surface area contributed by atoms with Gasteiger partial charge in [0.1, 0.15) is 0 Å². The van der Waals surface area contributed by atoms with Gasteiger partial charge in [0.2, 0.25) is 0 Å². The van der Waals surface area contributed by atoms with Gasteiger partial charge in [-0.15, -0.1) is 0 Å². The molecule has 0 bridgehead atoms. The molecule has 1 unspecified atom stereocenters. The number of fused-ring (bicyclic) bond motifs is 3. The van der Waals surface area contributed by atoms with Gasteiger partial charge in [0.15, 0.2) is 0 Å². The number of piperazine rings is 1. The second-order valence-electron chi connectivity index (χ2n) is 3.50. The van der Waals surface area contributed by atoms with E-state index in [1.54, 1.807) is 0 Å². The predicted octanol–water partition coefficient (Wildman–Crippen LogP) is 0.654. The lowest BCUT2D eigenvalue weighted by Gasteiger charge is -2.31. The second-order valence-corrected chi connectivity index (χ2v) is 3.50. The van der Waals surface area contributed by atoms with Crippen molar-refractivity contribution in [2.45, 2.75) is 6.04 Å². The zero-order valence-electron chi connectivity index (χ0n) is 6.96. The van der Waals surface area contributed by atoms with Gasteiger partial charge in [-0.25, -0.2) is 0 Å². The van der Waals surface area contributed by atoms with Crippen molar-refractivity contribution < 1.29 is 0 Å². The molecule has 0 aromatic carbocycles. The quantitative estimate of drug-likeness (QED) is 0.560. The van der Waals surface area contributed by atoms with E-state index in [1.165, 1.54) is 11.3 Å². The van der Waals surface area contributed by atoms with Crippen molar-refractivity contribution in [1.82, 2.24) is 10.2 Å². The van der Waals surface area contributed by atoms with Crippen LogP contribution in [0.4, 0.5) is 0 Å². The first-order valence-electron chi connectivity index (χ1n) is 4.51. The minimum atomic E-state index is 0.571. The SMILES string of the molecule is C1=CC2C(=C1)C=C1CNCCN12. The first kappa shape index (κ1) is 6.49. The van der Waals surface area contributed by atoms with Gasteiger partial charge in [-0.1, -0.05) is 18.2 Å². The Labute approximate surface area is 72.2 Å². The number of hydrogen-bond donors (Lipinski definition) is 1. The van der Waals surface area contributed by atoms with Crippen molar-refractivity contribution >= 4 is 0 Å². The van der Waals surface area contributed by atoms with Gasteiger partial charge in [0.25, 0.3) is 0 Å². The molecule has 2 heterocycles. The number of nitrogens with zero attached hydrogens (tertiary/aromatic N) is 1. The lowest BCUT2D eigenvalue weighted by molar-refractivity contribution is 0.301. The molecule has 0 radical (unpaired) electrons. The minimum absolute atomic E-state index is 0.571. The van der Waals surface area contributed by atoms with E-state index in [4.69, 9.17) is 0 Å². The molecule has 2 aliphatic heterocycles. The van der Waals surface area contributed by atoms with Crippen LogP contribution in [0.15, 0.2) is 35.6 Å². The molecule has 1 saturated heterocycles. The predicted molar refractivity (Wildman–Crippen MR) is 48.7 cm³/mol. The molecule has 62 valence electrons. The molecule has 12 heavy (non-hydrogen) atoms. The molecule has 1 aliphatic carbocycles. The van der Waals surface area contributed by atoms with Gasteiger partial charge in [-0.2, -0.15) is 0 Å². The van der Waals surface area contributed by atoms with Crippen LogP contribution in [0, 0.1) is 0 Å². The highest BCUT2D eigenvalue weighted by Crippen LogP contribution is 2.31. The molecular formula is C10H12N2. The van der Waals surface area contributed by atoms with Gasteiger partial charge in [0.05, 0.1) is 6.04 Å². The van der Waals surface area contributed by atoms with E-state index in [2.05, 4.69) is 34.5 Å². The summed E-state index contributed by atoms with van der Waals surface area (Å²) in [4.78, 5) is 2.49. The van der Waals surface area contributed by atoms with Crippen LogP contribution in [0.5, 0.6) is 0 Å². The fraction of sp³-hybridized carbons (Fsp3) is 0.400. The van der Waals surface area contributed by atoms with Gasteiger partial charge in [-0.05, 0) is 11.6 Å². The van der Waals surface area contributed by atoms with Gasteiger partial charge in [-0.3, -0.25) is 0 Å². The summed E-state index contributed by atoms with van der Waals surface area (Å²) in [5.41, 5.74) is 2.93. The maximum absolute atomic E-state index is 3.38. The molecule has 1 atom stereocenters. The largest absolute Gasteiger partial charge is 0.362 e. The Hall–Kier alpha value is -1.02. The average Bonchev–Trinajstić information content (AvgIpc) is 2.62. The third-order valence-corrected chi connectivity index (χ3v) is 2.80. The fourth-order valence-electron chi connectivity index (χ4n) is 2.20. The molecule has 0 amide bonds. The first-order chi connectivity index (χ1) is 5.95. The van der Waals surface area contributed by atoms with Crippen molar-refractivity contribution in [3.8, 4) is 0 Å². The summed E-state index contributed by atoms with van der Waals surface area (Å²) in [6.07, 6.45) is 8.98. The summed E-state index contributed by atoms with van der Waals surface area (Å²) in [5.74, 6) is 0. The van der Waals surface area contributed by atoms with Crippen LogP contribution >= 0.6 is 0 Å². The summed E-state index contributed by atoms with van der Waals surface area (Å²) < 4.78 is 0. The molecule has 3 aliphatic rings. The van der Waals surface area contributed by atoms with E-state index >= 15 is 0 Å². The molecular weight excluding hydrogens is 148 g/mol. The monoisotopic (exact) mass is 160 g/mol. The van der Waals surface area contributed by atoms with E-state index in [1.807, 2.05) is 0 Å². The van der Waals surface area contributed by atoms with Gasteiger partial charge < -0.3 is 10.2 Å².